The molecule has 1 nitrogen and oxygen atoms in total. The van der Waals surface area contributed by atoms with E-state index in [0.717, 1.165) is 17.6 Å². The van der Waals surface area contributed by atoms with E-state index in [1.807, 2.05) is 6.07 Å². The number of pyridine rings is 1. The minimum Gasteiger partial charge on any atom is -0.248 e. The van der Waals surface area contributed by atoms with Crippen LogP contribution >= 0.6 is 0 Å². The maximum atomic E-state index is 4.77. The van der Waals surface area contributed by atoms with Gasteiger partial charge in [0.15, 0.2) is 0 Å². The van der Waals surface area contributed by atoms with Gasteiger partial charge in [-0.3, -0.25) is 0 Å². The van der Waals surface area contributed by atoms with E-state index in [-0.39, 0.29) is 0 Å². The van der Waals surface area contributed by atoms with E-state index < -0.39 is 0 Å². The van der Waals surface area contributed by atoms with Crippen molar-refractivity contribution in [2.45, 2.75) is 6.42 Å². The monoisotopic (exact) mass is 231 g/mol. The summed E-state index contributed by atoms with van der Waals surface area (Å²) in [6.45, 7) is 0. The van der Waals surface area contributed by atoms with E-state index in [4.69, 9.17) is 4.98 Å². The molecule has 18 heavy (non-hydrogen) atoms. The summed E-state index contributed by atoms with van der Waals surface area (Å²) in [5.74, 6) is 0.533. The lowest BCUT2D eigenvalue weighted by Crippen LogP contribution is -2.12. The van der Waals surface area contributed by atoms with Crippen LogP contribution in [0.15, 0.2) is 60.2 Å². The second-order valence-corrected chi connectivity index (χ2v) is 4.92. The number of fused-ring (bicyclic) bond motifs is 3. The van der Waals surface area contributed by atoms with Crippen LogP contribution in [0.2, 0.25) is 0 Å². The minimum atomic E-state index is 0.533. The zero-order valence-corrected chi connectivity index (χ0v) is 10.0. The summed E-state index contributed by atoms with van der Waals surface area (Å²) in [4.78, 5) is 4.77. The molecule has 0 bridgehead atoms. The summed E-state index contributed by atoms with van der Waals surface area (Å²) in [5, 5.41) is 1.24. The number of hydrogen-bond acceptors (Lipinski definition) is 1. The molecule has 4 rings (SSSR count). The first-order valence-corrected chi connectivity index (χ1v) is 6.35. The highest BCUT2D eigenvalue weighted by molar-refractivity contribution is 5.81. The van der Waals surface area contributed by atoms with Crippen LogP contribution in [-0.4, -0.2) is 4.98 Å². The third-order valence-electron chi connectivity index (χ3n) is 3.75. The Morgan fingerprint density at radius 1 is 1.11 bits per heavy atom. The van der Waals surface area contributed by atoms with Gasteiger partial charge in [0.1, 0.15) is 0 Å². The Hall–Kier alpha value is -2.15. The van der Waals surface area contributed by atoms with Crippen LogP contribution in [0.3, 0.4) is 0 Å². The van der Waals surface area contributed by atoms with E-state index in [0.29, 0.717) is 5.92 Å². The van der Waals surface area contributed by atoms with Crippen molar-refractivity contribution in [1.82, 2.24) is 4.98 Å². The van der Waals surface area contributed by atoms with Crippen molar-refractivity contribution >= 4 is 17.0 Å². The van der Waals surface area contributed by atoms with Gasteiger partial charge in [0.2, 0.25) is 0 Å². The molecule has 2 aromatic rings. The van der Waals surface area contributed by atoms with Crippen molar-refractivity contribution < 1.29 is 0 Å². The van der Waals surface area contributed by atoms with Crippen LogP contribution in [0, 0.1) is 5.92 Å². The molecule has 2 aliphatic carbocycles. The number of rotatable bonds is 0. The quantitative estimate of drug-likeness (QED) is 0.669. The average molecular weight is 231 g/mol. The standard InChI is InChI=1S/C17H13N/c1-2-6-13-11-17-15(9-12(13)5-1)10-14-7-3-4-8-16(14)18-17/h1-8,10-12H,9H2. The van der Waals surface area contributed by atoms with E-state index in [1.54, 1.807) is 0 Å². The zero-order valence-electron chi connectivity index (χ0n) is 10.0. The molecule has 0 N–H and O–H groups in total. The van der Waals surface area contributed by atoms with E-state index >= 15 is 0 Å². The summed E-state index contributed by atoms with van der Waals surface area (Å²) in [5.41, 5.74) is 4.97. The molecule has 2 aliphatic rings. The molecular formula is C17H13N. The lowest BCUT2D eigenvalue weighted by molar-refractivity contribution is 0.755. The summed E-state index contributed by atoms with van der Waals surface area (Å²) < 4.78 is 0. The highest BCUT2D eigenvalue weighted by Crippen LogP contribution is 2.32. The molecule has 1 heterocycles. The Morgan fingerprint density at radius 2 is 2.06 bits per heavy atom. The van der Waals surface area contributed by atoms with Crippen LogP contribution in [0.25, 0.3) is 17.0 Å². The number of benzene rings is 1. The topological polar surface area (TPSA) is 12.9 Å². The fraction of sp³-hybridized carbons (Fsp3) is 0.118. The number of allylic oxidation sites excluding steroid dienone is 5. The molecule has 1 unspecified atom stereocenters. The molecule has 0 saturated carbocycles. The predicted molar refractivity (Wildman–Crippen MR) is 75.2 cm³/mol. The molecule has 0 amide bonds. The van der Waals surface area contributed by atoms with Crippen molar-refractivity contribution in [1.29, 1.82) is 0 Å². The largest absolute Gasteiger partial charge is 0.248 e. The maximum Gasteiger partial charge on any atom is 0.0709 e. The van der Waals surface area contributed by atoms with Crippen molar-refractivity contribution in [2.24, 2.45) is 5.92 Å². The first-order valence-electron chi connectivity index (χ1n) is 6.35. The molecular weight excluding hydrogens is 218 g/mol. The van der Waals surface area contributed by atoms with E-state index in [9.17, 15) is 0 Å². The molecule has 0 aliphatic heterocycles. The molecule has 0 radical (unpaired) electrons. The fourth-order valence-corrected chi connectivity index (χ4v) is 2.80. The third kappa shape index (κ3) is 1.44. The SMILES string of the molecule is C1=CC2=Cc3nc4ccccc4cc3CC2C=C1. The van der Waals surface area contributed by atoms with Gasteiger partial charge in [-0.25, -0.2) is 4.98 Å². The number of para-hydroxylation sites is 1. The van der Waals surface area contributed by atoms with Crippen molar-refractivity contribution in [3.05, 3.63) is 71.5 Å². The van der Waals surface area contributed by atoms with Gasteiger partial charge in [0.25, 0.3) is 0 Å². The van der Waals surface area contributed by atoms with Crippen LogP contribution in [0.4, 0.5) is 0 Å². The minimum absolute atomic E-state index is 0.533. The van der Waals surface area contributed by atoms with Gasteiger partial charge in [-0.1, -0.05) is 42.5 Å². The van der Waals surface area contributed by atoms with E-state index in [2.05, 4.69) is 54.6 Å². The van der Waals surface area contributed by atoms with Crippen molar-refractivity contribution in [2.75, 3.05) is 0 Å². The van der Waals surface area contributed by atoms with Crippen LogP contribution < -0.4 is 0 Å². The Morgan fingerprint density at radius 3 is 3.06 bits per heavy atom. The highest BCUT2D eigenvalue weighted by Gasteiger charge is 2.20. The van der Waals surface area contributed by atoms with Crippen LogP contribution in [0.5, 0.6) is 0 Å². The zero-order chi connectivity index (χ0) is 11.9. The van der Waals surface area contributed by atoms with Gasteiger partial charge in [-0.15, -0.1) is 0 Å². The normalized spacial score (nSPS) is 20.4. The van der Waals surface area contributed by atoms with Gasteiger partial charge in [-0.05, 0) is 35.8 Å². The second-order valence-electron chi connectivity index (χ2n) is 4.92. The second kappa shape index (κ2) is 3.67. The fourth-order valence-electron chi connectivity index (χ4n) is 2.80. The lowest BCUT2D eigenvalue weighted by Gasteiger charge is -2.23. The average Bonchev–Trinajstić information content (AvgIpc) is 2.42. The molecule has 0 spiro atoms. The Bertz CT molecular complexity index is 719. The van der Waals surface area contributed by atoms with Crippen LogP contribution in [-0.2, 0) is 6.42 Å². The van der Waals surface area contributed by atoms with Gasteiger partial charge < -0.3 is 0 Å². The molecule has 1 aromatic carbocycles. The van der Waals surface area contributed by atoms with Crippen molar-refractivity contribution in [3.63, 3.8) is 0 Å². The summed E-state index contributed by atoms with van der Waals surface area (Å²) >= 11 is 0. The van der Waals surface area contributed by atoms with Gasteiger partial charge in [0.05, 0.1) is 11.2 Å². The summed E-state index contributed by atoms with van der Waals surface area (Å²) in [6.07, 6.45) is 12.0. The van der Waals surface area contributed by atoms with Gasteiger partial charge in [0, 0.05) is 11.3 Å². The number of aromatic nitrogens is 1. The molecule has 1 aromatic heterocycles. The molecule has 1 heteroatoms. The van der Waals surface area contributed by atoms with Crippen LogP contribution in [0.1, 0.15) is 11.3 Å². The number of nitrogens with zero attached hydrogens (tertiary/aromatic N) is 1. The smallest absolute Gasteiger partial charge is 0.0709 e. The lowest BCUT2D eigenvalue weighted by atomic mass is 9.83. The molecule has 0 saturated heterocycles. The third-order valence-corrected chi connectivity index (χ3v) is 3.75. The Balaban J connectivity index is 1.95. The predicted octanol–water partition coefficient (Wildman–Crippen LogP) is 3.92. The van der Waals surface area contributed by atoms with Gasteiger partial charge >= 0.3 is 0 Å². The highest BCUT2D eigenvalue weighted by atomic mass is 14.7. The Labute approximate surface area is 106 Å². The molecule has 86 valence electrons. The maximum absolute atomic E-state index is 4.77. The summed E-state index contributed by atoms with van der Waals surface area (Å²) in [7, 11) is 0. The van der Waals surface area contributed by atoms with Gasteiger partial charge in [-0.2, -0.15) is 0 Å². The Kier molecular flexibility index (Phi) is 2.01. The first kappa shape index (κ1) is 9.84. The first-order chi connectivity index (χ1) is 8.90. The summed E-state index contributed by atoms with van der Waals surface area (Å²) in [6, 6.07) is 10.6. The van der Waals surface area contributed by atoms with Crippen molar-refractivity contribution in [3.8, 4) is 0 Å². The van der Waals surface area contributed by atoms with E-state index in [1.165, 1.54) is 16.5 Å². The molecule has 1 atom stereocenters. The number of hydrogen-bond donors (Lipinski definition) is 0. The molecule has 0 fully saturated rings.